The molecule has 0 spiro atoms. The summed E-state index contributed by atoms with van der Waals surface area (Å²) in [5, 5.41) is 0.713. The average molecular weight is 481 g/mol. The van der Waals surface area contributed by atoms with Crippen molar-refractivity contribution in [3.63, 3.8) is 0 Å². The van der Waals surface area contributed by atoms with Crippen LogP contribution in [0.3, 0.4) is 0 Å². The Morgan fingerprint density at radius 1 is 1.09 bits per heavy atom. The first kappa shape index (κ1) is 24.5. The number of carbonyl (C=O) groups excluding carboxylic acids is 2. The Kier molecular flexibility index (Phi) is 7.55. The van der Waals surface area contributed by atoms with E-state index in [4.69, 9.17) is 15.2 Å². The van der Waals surface area contributed by atoms with Crippen molar-refractivity contribution in [2.75, 3.05) is 27.3 Å². The minimum atomic E-state index is -0.637. The molecule has 2 N–H and O–H groups in total. The smallest absolute Gasteiger partial charge is 0.267 e. The van der Waals surface area contributed by atoms with Crippen molar-refractivity contribution in [3.8, 4) is 16.9 Å². The zero-order valence-electron chi connectivity index (χ0n) is 19.9. The molecule has 0 bridgehead atoms. The van der Waals surface area contributed by atoms with Crippen LogP contribution >= 0.6 is 0 Å². The maximum Gasteiger partial charge on any atom is 0.267 e. The number of nitrogens with two attached hydrogens (primary N) is 1. The van der Waals surface area contributed by atoms with Gasteiger partial charge in [0.25, 0.3) is 5.91 Å². The number of amides is 2. The Balaban J connectivity index is 1.34. The van der Waals surface area contributed by atoms with E-state index in [0.717, 1.165) is 25.7 Å². The highest BCUT2D eigenvalue weighted by atomic mass is 19.1. The number of ether oxygens (including phenoxy) is 2. The molecule has 1 aliphatic carbocycles. The van der Waals surface area contributed by atoms with Crippen molar-refractivity contribution in [3.05, 3.63) is 54.2 Å². The van der Waals surface area contributed by atoms with Gasteiger partial charge in [0, 0.05) is 43.4 Å². The van der Waals surface area contributed by atoms with Gasteiger partial charge < -0.3 is 20.1 Å². The van der Waals surface area contributed by atoms with Crippen molar-refractivity contribution in [2.24, 2.45) is 11.7 Å². The molecule has 184 valence electrons. The Labute approximate surface area is 203 Å². The van der Waals surface area contributed by atoms with Gasteiger partial charge in [0.15, 0.2) is 11.6 Å². The van der Waals surface area contributed by atoms with Crippen LogP contribution in [0.15, 0.2) is 42.7 Å². The number of carbonyl (C=O) groups is 2. The SMILES string of the molecule is CN(C)C(=O)C1CCC(OCCOc2ccc(-c3cncc4ccc(C(N)=O)nc34)cc2F)CC1. The predicted molar refractivity (Wildman–Crippen MR) is 129 cm³/mol. The summed E-state index contributed by atoms with van der Waals surface area (Å²) in [5.41, 5.74) is 7.14. The van der Waals surface area contributed by atoms with Crippen LogP contribution in [-0.2, 0) is 9.53 Å². The zero-order chi connectivity index (χ0) is 24.9. The third kappa shape index (κ3) is 5.74. The maximum absolute atomic E-state index is 14.8. The Morgan fingerprint density at radius 2 is 1.86 bits per heavy atom. The zero-order valence-corrected chi connectivity index (χ0v) is 19.9. The molecule has 9 heteroatoms. The number of hydrogen-bond donors (Lipinski definition) is 1. The normalized spacial score (nSPS) is 17.8. The first-order valence-corrected chi connectivity index (χ1v) is 11.6. The molecule has 1 aromatic carbocycles. The number of aromatic nitrogens is 2. The Hall–Kier alpha value is -3.59. The van der Waals surface area contributed by atoms with Crippen LogP contribution in [0.25, 0.3) is 22.0 Å². The lowest BCUT2D eigenvalue weighted by atomic mass is 9.86. The van der Waals surface area contributed by atoms with E-state index in [9.17, 15) is 14.0 Å². The number of benzene rings is 1. The number of halogens is 1. The van der Waals surface area contributed by atoms with E-state index in [2.05, 4.69) is 9.97 Å². The Bertz CT molecular complexity index is 1230. The molecule has 0 radical (unpaired) electrons. The van der Waals surface area contributed by atoms with E-state index < -0.39 is 11.7 Å². The molecular weight excluding hydrogens is 451 g/mol. The third-order valence-corrected chi connectivity index (χ3v) is 6.25. The quantitative estimate of drug-likeness (QED) is 0.494. The van der Waals surface area contributed by atoms with E-state index in [1.54, 1.807) is 49.6 Å². The average Bonchev–Trinajstić information content (AvgIpc) is 2.86. The summed E-state index contributed by atoms with van der Waals surface area (Å²) >= 11 is 0. The van der Waals surface area contributed by atoms with Crippen LogP contribution in [0.5, 0.6) is 5.75 Å². The molecule has 0 saturated heterocycles. The van der Waals surface area contributed by atoms with Crippen molar-refractivity contribution >= 4 is 22.7 Å². The van der Waals surface area contributed by atoms with E-state index in [-0.39, 0.29) is 36.0 Å². The first-order valence-electron chi connectivity index (χ1n) is 11.6. The molecule has 4 rings (SSSR count). The predicted octanol–water partition coefficient (Wildman–Crippen LogP) is 3.58. The van der Waals surface area contributed by atoms with Crippen LogP contribution in [0, 0.1) is 11.7 Å². The van der Waals surface area contributed by atoms with Crippen LogP contribution in [0.4, 0.5) is 4.39 Å². The van der Waals surface area contributed by atoms with Gasteiger partial charge in [-0.25, -0.2) is 9.37 Å². The standard InChI is InChI=1S/C26H29FN4O4/c1-31(2)26(33)16-3-7-19(8-4-16)34-11-12-35-23-10-6-17(13-21(23)27)20-15-29-14-18-5-9-22(25(28)32)30-24(18)20/h5-6,9-10,13-16,19H,3-4,7-8,11-12H2,1-2H3,(H2,28,32). The largest absolute Gasteiger partial charge is 0.488 e. The van der Waals surface area contributed by atoms with Gasteiger partial charge in [-0.3, -0.25) is 14.6 Å². The lowest BCUT2D eigenvalue weighted by Gasteiger charge is -2.29. The molecule has 0 unspecified atom stereocenters. The Morgan fingerprint density at radius 3 is 2.54 bits per heavy atom. The van der Waals surface area contributed by atoms with Crippen molar-refractivity contribution < 1.29 is 23.5 Å². The van der Waals surface area contributed by atoms with Gasteiger partial charge in [-0.05, 0) is 55.5 Å². The molecule has 1 fully saturated rings. The van der Waals surface area contributed by atoms with Gasteiger partial charge in [0.1, 0.15) is 12.3 Å². The van der Waals surface area contributed by atoms with Crippen LogP contribution in [0.2, 0.25) is 0 Å². The molecule has 0 atom stereocenters. The van der Waals surface area contributed by atoms with Gasteiger partial charge in [-0.15, -0.1) is 0 Å². The summed E-state index contributed by atoms with van der Waals surface area (Å²) in [6.45, 7) is 0.553. The summed E-state index contributed by atoms with van der Waals surface area (Å²) in [4.78, 5) is 33.8. The molecule has 3 aromatic rings. The third-order valence-electron chi connectivity index (χ3n) is 6.25. The van der Waals surface area contributed by atoms with Gasteiger partial charge >= 0.3 is 0 Å². The second-order valence-electron chi connectivity index (χ2n) is 8.89. The van der Waals surface area contributed by atoms with Gasteiger partial charge in [0.05, 0.1) is 18.2 Å². The highest BCUT2D eigenvalue weighted by Gasteiger charge is 2.27. The molecule has 1 saturated carbocycles. The summed E-state index contributed by atoms with van der Waals surface area (Å²) < 4.78 is 26.3. The number of pyridine rings is 2. The molecule has 8 nitrogen and oxygen atoms in total. The van der Waals surface area contributed by atoms with E-state index in [1.807, 2.05) is 0 Å². The lowest BCUT2D eigenvalue weighted by Crippen LogP contribution is -2.34. The fourth-order valence-corrected chi connectivity index (χ4v) is 4.38. The fourth-order valence-electron chi connectivity index (χ4n) is 4.38. The number of nitrogens with zero attached hydrogens (tertiary/aromatic N) is 3. The maximum atomic E-state index is 14.8. The van der Waals surface area contributed by atoms with Gasteiger partial charge in [-0.1, -0.05) is 6.07 Å². The number of hydrogen-bond acceptors (Lipinski definition) is 6. The summed E-state index contributed by atoms with van der Waals surface area (Å²) in [7, 11) is 3.56. The summed E-state index contributed by atoms with van der Waals surface area (Å²) in [6.07, 6.45) is 6.58. The minimum Gasteiger partial charge on any atom is -0.488 e. The summed E-state index contributed by atoms with van der Waals surface area (Å²) in [6, 6.07) is 7.87. The minimum absolute atomic E-state index is 0.0724. The molecule has 2 amide bonds. The molecule has 1 aliphatic rings. The van der Waals surface area contributed by atoms with Gasteiger partial charge in [0.2, 0.25) is 5.91 Å². The molecule has 2 heterocycles. The number of fused-ring (bicyclic) bond motifs is 1. The van der Waals surface area contributed by atoms with Crippen LogP contribution in [-0.4, -0.2) is 60.1 Å². The lowest BCUT2D eigenvalue weighted by molar-refractivity contribution is -0.135. The molecule has 35 heavy (non-hydrogen) atoms. The van der Waals surface area contributed by atoms with Gasteiger partial charge in [-0.2, -0.15) is 0 Å². The first-order chi connectivity index (χ1) is 16.8. The highest BCUT2D eigenvalue weighted by molar-refractivity contribution is 5.97. The summed E-state index contributed by atoms with van der Waals surface area (Å²) in [5.74, 6) is -0.788. The fraction of sp³-hybridized carbons (Fsp3) is 0.385. The number of rotatable bonds is 8. The van der Waals surface area contributed by atoms with E-state index in [0.29, 0.717) is 28.6 Å². The van der Waals surface area contributed by atoms with E-state index in [1.165, 1.54) is 12.1 Å². The van der Waals surface area contributed by atoms with Crippen LogP contribution < -0.4 is 10.5 Å². The van der Waals surface area contributed by atoms with Crippen molar-refractivity contribution in [2.45, 2.75) is 31.8 Å². The second-order valence-corrected chi connectivity index (χ2v) is 8.89. The molecule has 0 aliphatic heterocycles. The molecular formula is C26H29FN4O4. The second kappa shape index (κ2) is 10.8. The van der Waals surface area contributed by atoms with E-state index >= 15 is 0 Å². The highest BCUT2D eigenvalue weighted by Crippen LogP contribution is 2.30. The van der Waals surface area contributed by atoms with Crippen molar-refractivity contribution in [1.82, 2.24) is 14.9 Å². The molecule has 2 aromatic heterocycles. The van der Waals surface area contributed by atoms with Crippen LogP contribution in [0.1, 0.15) is 36.2 Å². The topological polar surface area (TPSA) is 108 Å². The monoisotopic (exact) mass is 480 g/mol. The number of primary amides is 1. The van der Waals surface area contributed by atoms with Crippen molar-refractivity contribution in [1.29, 1.82) is 0 Å².